The molecule has 0 saturated heterocycles. The molecule has 0 bridgehead atoms. The van der Waals surface area contributed by atoms with Crippen molar-refractivity contribution in [2.45, 2.75) is 18.9 Å². The maximum absolute atomic E-state index is 2.73. The van der Waals surface area contributed by atoms with E-state index in [-0.39, 0.29) is 0 Å². The second-order valence-electron chi connectivity index (χ2n) is 1.39. The lowest BCUT2D eigenvalue weighted by Crippen LogP contribution is -1.88. The maximum Gasteiger partial charge on any atom is 0.110 e. The molecule has 0 saturated carbocycles. The molecule has 2 atom stereocenters. The topological polar surface area (TPSA) is 0 Å². The Morgan fingerprint density at radius 1 is 2.00 bits per heavy atom. The van der Waals surface area contributed by atoms with Gasteiger partial charge in [-0.3, -0.25) is 0 Å². The molecule has 0 fully saturated rings. The van der Waals surface area contributed by atoms with E-state index in [0.29, 0.717) is 0 Å². The van der Waals surface area contributed by atoms with Gasteiger partial charge in [0.15, 0.2) is 0 Å². The third-order valence-corrected chi connectivity index (χ3v) is 1.12. The summed E-state index contributed by atoms with van der Waals surface area (Å²) >= 11 is 0. The molecule has 0 rings (SSSR count). The molecule has 0 aromatic rings. The molecule has 1 unspecified atom stereocenters. The SMILES string of the molecule is B[C@H](P)CC. The van der Waals surface area contributed by atoms with Gasteiger partial charge in [0.05, 0.1) is 0 Å². The van der Waals surface area contributed by atoms with Gasteiger partial charge < -0.3 is 0 Å². The zero-order valence-electron chi connectivity index (χ0n) is 3.86. The first kappa shape index (κ1) is 5.49. The predicted octanol–water partition coefficient (Wildman–Crippen LogP) is 0.231. The Bertz CT molecular complexity index is 20.9. The lowest BCUT2D eigenvalue weighted by atomic mass is 10.0. The highest BCUT2D eigenvalue weighted by Gasteiger charge is 1.81. The van der Waals surface area contributed by atoms with Crippen LogP contribution in [0.15, 0.2) is 0 Å². The summed E-state index contributed by atoms with van der Waals surface area (Å²) in [5.41, 5.74) is 0.801. The lowest BCUT2D eigenvalue weighted by Gasteiger charge is -1.90. The minimum Gasteiger partial charge on any atom is -0.143 e. The smallest absolute Gasteiger partial charge is 0.110 e. The van der Waals surface area contributed by atoms with Crippen molar-refractivity contribution in [1.29, 1.82) is 0 Å². The number of hydrogen-bond donors (Lipinski definition) is 0. The van der Waals surface area contributed by atoms with E-state index in [9.17, 15) is 0 Å². The molecule has 2 heteroatoms. The van der Waals surface area contributed by atoms with Crippen molar-refractivity contribution in [2.24, 2.45) is 0 Å². The molecular formula is C3H10BP. The highest BCUT2D eigenvalue weighted by molar-refractivity contribution is 7.20. The van der Waals surface area contributed by atoms with Crippen molar-refractivity contribution < 1.29 is 0 Å². The van der Waals surface area contributed by atoms with Gasteiger partial charge in [0, 0.05) is 0 Å². The second kappa shape index (κ2) is 2.72. The molecule has 0 radical (unpaired) electrons. The van der Waals surface area contributed by atoms with Gasteiger partial charge in [0.2, 0.25) is 0 Å². The van der Waals surface area contributed by atoms with Crippen LogP contribution in [0.1, 0.15) is 13.3 Å². The second-order valence-corrected chi connectivity index (χ2v) is 2.52. The van der Waals surface area contributed by atoms with Crippen LogP contribution in [-0.2, 0) is 0 Å². The van der Waals surface area contributed by atoms with E-state index >= 15 is 0 Å². The van der Waals surface area contributed by atoms with E-state index in [2.05, 4.69) is 24.0 Å². The summed E-state index contributed by atoms with van der Waals surface area (Å²) in [5, 5.41) is 0. The molecular weight excluding hydrogens is 77.8 g/mol. The summed E-state index contributed by atoms with van der Waals surface area (Å²) in [6.07, 6.45) is 1.27. The summed E-state index contributed by atoms with van der Waals surface area (Å²) < 4.78 is 0. The molecule has 0 aliphatic rings. The highest BCUT2D eigenvalue weighted by Crippen LogP contribution is 1.95. The standard InChI is InChI=1S/C3H10BP/c1-2-3(4)5/h3H,2,4-5H2,1H3/t3-/m1/s1. The monoisotopic (exact) mass is 88.1 g/mol. The highest BCUT2D eigenvalue weighted by atomic mass is 31.0. The summed E-state index contributed by atoms with van der Waals surface area (Å²) in [7, 11) is 4.92. The molecule has 0 aliphatic heterocycles. The van der Waals surface area contributed by atoms with E-state index in [1.807, 2.05) is 0 Å². The molecule has 0 nitrogen and oxygen atoms in total. The maximum atomic E-state index is 2.73. The van der Waals surface area contributed by atoms with Crippen molar-refractivity contribution >= 4 is 17.1 Å². The minimum absolute atomic E-state index is 0.801. The molecule has 0 aromatic carbocycles. The number of hydrogen-bond acceptors (Lipinski definition) is 0. The molecule has 0 N–H and O–H groups in total. The average Bonchev–Trinajstić information content (AvgIpc) is 1.38. The van der Waals surface area contributed by atoms with Crippen LogP contribution in [0, 0.1) is 0 Å². The van der Waals surface area contributed by atoms with Gasteiger partial charge >= 0.3 is 0 Å². The van der Waals surface area contributed by atoms with Crippen molar-refractivity contribution in [3.05, 3.63) is 0 Å². The van der Waals surface area contributed by atoms with Crippen molar-refractivity contribution in [2.75, 3.05) is 0 Å². The van der Waals surface area contributed by atoms with E-state index in [1.165, 1.54) is 6.42 Å². The van der Waals surface area contributed by atoms with Crippen molar-refractivity contribution in [1.82, 2.24) is 0 Å². The minimum atomic E-state index is 0.801. The summed E-state index contributed by atoms with van der Waals surface area (Å²) in [6.45, 7) is 2.18. The first-order chi connectivity index (χ1) is 2.27. The average molecular weight is 87.9 g/mol. The van der Waals surface area contributed by atoms with Crippen molar-refractivity contribution in [3.8, 4) is 0 Å². The van der Waals surface area contributed by atoms with Crippen LogP contribution in [0.4, 0.5) is 0 Å². The Morgan fingerprint density at radius 2 is 2.20 bits per heavy atom. The molecule has 0 aromatic heterocycles. The van der Waals surface area contributed by atoms with Gasteiger partial charge in [0.1, 0.15) is 7.85 Å². The van der Waals surface area contributed by atoms with Crippen LogP contribution in [0.2, 0.25) is 0 Å². The van der Waals surface area contributed by atoms with Gasteiger partial charge in [0.25, 0.3) is 0 Å². The Kier molecular flexibility index (Phi) is 2.99. The van der Waals surface area contributed by atoms with Crippen LogP contribution in [0.3, 0.4) is 0 Å². The Labute approximate surface area is 37.0 Å². The number of rotatable bonds is 1. The normalized spacial score (nSPS) is 14.8. The van der Waals surface area contributed by atoms with Crippen LogP contribution < -0.4 is 0 Å². The van der Waals surface area contributed by atoms with Gasteiger partial charge in [-0.25, -0.2) is 0 Å². The van der Waals surface area contributed by atoms with Gasteiger partial charge in [-0.2, -0.15) is 0 Å². The molecule has 30 valence electrons. The first-order valence-electron chi connectivity index (χ1n) is 2.03. The van der Waals surface area contributed by atoms with Crippen LogP contribution in [0.25, 0.3) is 0 Å². The van der Waals surface area contributed by atoms with Crippen LogP contribution >= 0.6 is 9.24 Å². The third kappa shape index (κ3) is 4.49. The van der Waals surface area contributed by atoms with Crippen molar-refractivity contribution in [3.63, 3.8) is 0 Å². The molecule has 0 amide bonds. The van der Waals surface area contributed by atoms with E-state index in [4.69, 9.17) is 0 Å². The summed E-state index contributed by atoms with van der Waals surface area (Å²) in [5.74, 6) is 0. The molecule has 5 heavy (non-hydrogen) atoms. The van der Waals surface area contributed by atoms with E-state index in [0.717, 1.165) is 5.56 Å². The lowest BCUT2D eigenvalue weighted by molar-refractivity contribution is 1.05. The molecule has 0 aliphatic carbocycles. The third-order valence-electron chi connectivity index (χ3n) is 0.644. The molecule has 0 spiro atoms. The largest absolute Gasteiger partial charge is 0.143 e. The predicted molar refractivity (Wildman–Crippen MR) is 32.3 cm³/mol. The Balaban J connectivity index is 2.54. The summed E-state index contributed by atoms with van der Waals surface area (Å²) in [4.78, 5) is 0. The summed E-state index contributed by atoms with van der Waals surface area (Å²) in [6, 6.07) is 0. The van der Waals surface area contributed by atoms with Gasteiger partial charge in [-0.05, 0) is 0 Å². The zero-order valence-corrected chi connectivity index (χ0v) is 5.02. The van der Waals surface area contributed by atoms with E-state index in [1.54, 1.807) is 0 Å². The fourth-order valence-electron chi connectivity index (χ4n) is 0. The molecule has 0 heterocycles. The zero-order chi connectivity index (χ0) is 4.28. The van der Waals surface area contributed by atoms with Gasteiger partial charge in [-0.15, -0.1) is 9.24 Å². The fraction of sp³-hybridized carbons (Fsp3) is 1.00. The van der Waals surface area contributed by atoms with Gasteiger partial charge in [-0.1, -0.05) is 18.9 Å². The van der Waals surface area contributed by atoms with Crippen LogP contribution in [0.5, 0.6) is 0 Å². The quantitative estimate of drug-likeness (QED) is 0.318. The van der Waals surface area contributed by atoms with E-state index < -0.39 is 0 Å². The Morgan fingerprint density at radius 3 is 2.20 bits per heavy atom. The fourth-order valence-corrected chi connectivity index (χ4v) is 0. The van der Waals surface area contributed by atoms with Crippen LogP contribution in [-0.4, -0.2) is 13.4 Å². The first-order valence-corrected chi connectivity index (χ1v) is 2.69. The Hall–Kier alpha value is 0.495.